The third-order valence-electron chi connectivity index (χ3n) is 3.88. The maximum atomic E-state index is 9.51. The molecule has 0 saturated heterocycles. The molecule has 0 unspecified atom stereocenters. The van der Waals surface area contributed by atoms with Gasteiger partial charge in [0, 0.05) is 25.1 Å². The molecule has 0 aliphatic rings. The van der Waals surface area contributed by atoms with Gasteiger partial charge in [0.2, 0.25) is 0 Å². The van der Waals surface area contributed by atoms with E-state index in [0.717, 1.165) is 31.5 Å². The van der Waals surface area contributed by atoms with Crippen molar-refractivity contribution in [2.75, 3.05) is 20.3 Å². The number of nitrogens with one attached hydrogen (secondary N) is 1. The Kier molecular flexibility index (Phi) is 6.63. The van der Waals surface area contributed by atoms with Crippen molar-refractivity contribution in [3.05, 3.63) is 28.8 Å². The highest BCUT2D eigenvalue weighted by Crippen LogP contribution is 2.26. The van der Waals surface area contributed by atoms with Crippen molar-refractivity contribution in [1.29, 1.82) is 0 Å². The number of aliphatic hydroxyl groups excluding tert-OH is 1. The van der Waals surface area contributed by atoms with Gasteiger partial charge in [0.05, 0.1) is 12.1 Å². The summed E-state index contributed by atoms with van der Waals surface area (Å²) in [6.45, 7) is 6.00. The van der Waals surface area contributed by atoms with Crippen molar-refractivity contribution in [2.45, 2.75) is 33.2 Å². The average Bonchev–Trinajstić information content (AvgIpc) is 2.44. The maximum absolute atomic E-state index is 9.51. The van der Waals surface area contributed by atoms with Gasteiger partial charge in [-0.15, -0.1) is 0 Å². The van der Waals surface area contributed by atoms with E-state index in [2.05, 4.69) is 19.2 Å². The van der Waals surface area contributed by atoms with E-state index in [4.69, 9.17) is 16.3 Å². The molecule has 108 valence electrons. The second-order valence-corrected chi connectivity index (χ2v) is 5.34. The Hall–Kier alpha value is -0.770. The SMILES string of the molecule is CCC(CC)(CO)CNCc1ccc(OC)c(Cl)c1. The summed E-state index contributed by atoms with van der Waals surface area (Å²) < 4.78 is 5.13. The highest BCUT2D eigenvalue weighted by molar-refractivity contribution is 6.32. The first-order chi connectivity index (χ1) is 9.10. The Balaban J connectivity index is 2.55. The molecule has 0 atom stereocenters. The van der Waals surface area contributed by atoms with Crippen LogP contribution >= 0.6 is 11.6 Å². The van der Waals surface area contributed by atoms with E-state index in [9.17, 15) is 5.11 Å². The van der Waals surface area contributed by atoms with Gasteiger partial charge >= 0.3 is 0 Å². The molecule has 0 fully saturated rings. The monoisotopic (exact) mass is 285 g/mol. The molecule has 0 saturated carbocycles. The summed E-state index contributed by atoms with van der Waals surface area (Å²) in [4.78, 5) is 0. The van der Waals surface area contributed by atoms with Crippen LogP contribution < -0.4 is 10.1 Å². The summed E-state index contributed by atoms with van der Waals surface area (Å²) in [6, 6.07) is 5.78. The molecule has 4 heteroatoms. The minimum atomic E-state index is -0.0176. The van der Waals surface area contributed by atoms with Gasteiger partial charge in [0.15, 0.2) is 0 Å². The lowest BCUT2D eigenvalue weighted by atomic mass is 9.83. The van der Waals surface area contributed by atoms with Crippen molar-refractivity contribution in [2.24, 2.45) is 5.41 Å². The fraction of sp³-hybridized carbons (Fsp3) is 0.600. The van der Waals surface area contributed by atoms with Crippen LogP contribution in [0.3, 0.4) is 0 Å². The van der Waals surface area contributed by atoms with Gasteiger partial charge in [-0.2, -0.15) is 0 Å². The molecule has 3 nitrogen and oxygen atoms in total. The molecule has 0 aromatic heterocycles. The van der Waals surface area contributed by atoms with Crippen LogP contribution in [0.1, 0.15) is 32.3 Å². The molecular formula is C15H24ClNO2. The van der Waals surface area contributed by atoms with Crippen LogP contribution in [0, 0.1) is 5.41 Å². The Morgan fingerprint density at radius 1 is 1.32 bits per heavy atom. The van der Waals surface area contributed by atoms with Gasteiger partial charge in [0.25, 0.3) is 0 Å². The van der Waals surface area contributed by atoms with E-state index in [0.29, 0.717) is 10.8 Å². The molecule has 0 aliphatic heterocycles. The van der Waals surface area contributed by atoms with E-state index < -0.39 is 0 Å². The molecule has 0 heterocycles. The van der Waals surface area contributed by atoms with E-state index in [1.54, 1.807) is 7.11 Å². The fourth-order valence-electron chi connectivity index (χ4n) is 2.07. The number of methoxy groups -OCH3 is 1. The average molecular weight is 286 g/mol. The predicted molar refractivity (Wildman–Crippen MR) is 79.8 cm³/mol. The Morgan fingerprint density at radius 2 is 2.00 bits per heavy atom. The zero-order valence-corrected chi connectivity index (χ0v) is 12.8. The number of halogens is 1. The summed E-state index contributed by atoms with van der Waals surface area (Å²) in [5.41, 5.74) is 1.10. The van der Waals surface area contributed by atoms with Crippen molar-refractivity contribution >= 4 is 11.6 Å². The molecule has 1 rings (SSSR count). The van der Waals surface area contributed by atoms with Crippen LogP contribution in [0.5, 0.6) is 5.75 Å². The standard InChI is InChI=1S/C15H24ClNO2/c1-4-15(5-2,11-18)10-17-9-12-6-7-14(19-3)13(16)8-12/h6-8,17-18H,4-5,9-11H2,1-3H3. The lowest BCUT2D eigenvalue weighted by Gasteiger charge is -2.29. The molecular weight excluding hydrogens is 262 g/mol. The number of hydrogen-bond donors (Lipinski definition) is 2. The topological polar surface area (TPSA) is 41.5 Å². The first-order valence-electron chi connectivity index (χ1n) is 6.74. The van der Waals surface area contributed by atoms with Crippen molar-refractivity contribution < 1.29 is 9.84 Å². The quantitative estimate of drug-likeness (QED) is 0.770. The maximum Gasteiger partial charge on any atom is 0.137 e. The molecule has 0 radical (unpaired) electrons. The molecule has 0 spiro atoms. The minimum Gasteiger partial charge on any atom is -0.495 e. The van der Waals surface area contributed by atoms with E-state index in [-0.39, 0.29) is 12.0 Å². The normalized spacial score (nSPS) is 11.6. The second-order valence-electron chi connectivity index (χ2n) is 4.94. The van der Waals surface area contributed by atoms with Gasteiger partial charge in [-0.05, 0) is 30.5 Å². The van der Waals surface area contributed by atoms with Gasteiger partial charge in [0.1, 0.15) is 5.75 Å². The van der Waals surface area contributed by atoms with E-state index in [1.165, 1.54) is 0 Å². The Labute approximate surface area is 120 Å². The fourth-order valence-corrected chi connectivity index (χ4v) is 2.35. The molecule has 0 bridgehead atoms. The van der Waals surface area contributed by atoms with Crippen LogP contribution in [0.2, 0.25) is 5.02 Å². The lowest BCUT2D eigenvalue weighted by molar-refractivity contribution is 0.113. The van der Waals surface area contributed by atoms with Gasteiger partial charge in [-0.3, -0.25) is 0 Å². The molecule has 19 heavy (non-hydrogen) atoms. The summed E-state index contributed by atoms with van der Waals surface area (Å²) in [7, 11) is 1.61. The van der Waals surface area contributed by atoms with Crippen LogP contribution in [0.15, 0.2) is 18.2 Å². The highest BCUT2D eigenvalue weighted by Gasteiger charge is 2.24. The van der Waals surface area contributed by atoms with Crippen LogP contribution in [-0.2, 0) is 6.54 Å². The zero-order chi connectivity index (χ0) is 14.3. The van der Waals surface area contributed by atoms with Crippen molar-refractivity contribution in [3.63, 3.8) is 0 Å². The number of aliphatic hydroxyl groups is 1. The molecule has 0 aliphatic carbocycles. The van der Waals surface area contributed by atoms with Crippen molar-refractivity contribution in [1.82, 2.24) is 5.32 Å². The molecule has 1 aromatic rings. The third-order valence-corrected chi connectivity index (χ3v) is 4.18. The molecule has 0 amide bonds. The Morgan fingerprint density at radius 3 is 2.47 bits per heavy atom. The summed E-state index contributed by atoms with van der Waals surface area (Å²) in [5, 5.41) is 13.5. The van der Waals surface area contributed by atoms with Crippen molar-refractivity contribution in [3.8, 4) is 5.75 Å². The van der Waals surface area contributed by atoms with E-state index >= 15 is 0 Å². The zero-order valence-electron chi connectivity index (χ0n) is 12.0. The molecule has 2 N–H and O–H groups in total. The molecule has 1 aromatic carbocycles. The number of benzene rings is 1. The number of hydrogen-bond acceptors (Lipinski definition) is 3. The smallest absolute Gasteiger partial charge is 0.137 e. The summed E-state index contributed by atoms with van der Waals surface area (Å²) >= 11 is 6.09. The lowest BCUT2D eigenvalue weighted by Crippen LogP contribution is -2.36. The predicted octanol–water partition coefficient (Wildman–Crippen LogP) is 3.24. The number of ether oxygens (including phenoxy) is 1. The van der Waals surface area contributed by atoms with Crippen LogP contribution in [0.25, 0.3) is 0 Å². The first kappa shape index (κ1) is 16.3. The summed E-state index contributed by atoms with van der Waals surface area (Å²) in [6.07, 6.45) is 1.94. The minimum absolute atomic E-state index is 0.0176. The third kappa shape index (κ3) is 4.37. The first-order valence-corrected chi connectivity index (χ1v) is 7.12. The number of rotatable bonds is 8. The van der Waals surface area contributed by atoms with E-state index in [1.807, 2.05) is 18.2 Å². The largest absolute Gasteiger partial charge is 0.495 e. The van der Waals surface area contributed by atoms with Gasteiger partial charge in [-0.1, -0.05) is 31.5 Å². The summed E-state index contributed by atoms with van der Waals surface area (Å²) in [5.74, 6) is 0.692. The van der Waals surface area contributed by atoms with Gasteiger partial charge in [-0.25, -0.2) is 0 Å². The Bertz CT molecular complexity index is 383. The highest BCUT2D eigenvalue weighted by atomic mass is 35.5. The second kappa shape index (κ2) is 7.73. The van der Waals surface area contributed by atoms with Crippen LogP contribution in [0.4, 0.5) is 0 Å². The van der Waals surface area contributed by atoms with Crippen LogP contribution in [-0.4, -0.2) is 25.4 Å². The van der Waals surface area contributed by atoms with Gasteiger partial charge < -0.3 is 15.2 Å².